The van der Waals surface area contributed by atoms with E-state index in [0.29, 0.717) is 0 Å². The molecule has 0 saturated heterocycles. The van der Waals surface area contributed by atoms with Crippen LogP contribution in [0.2, 0.25) is 0 Å². The van der Waals surface area contributed by atoms with Crippen molar-refractivity contribution in [2.45, 2.75) is 25.0 Å². The molecule has 3 rings (SSSR count). The highest BCUT2D eigenvalue weighted by Gasteiger charge is 2.30. The molecule has 0 aromatic heterocycles. The fourth-order valence-electron chi connectivity index (χ4n) is 3.61. The Bertz CT molecular complexity index is 948. The Balaban J connectivity index is 1.63. The molecule has 9 nitrogen and oxygen atoms in total. The minimum atomic E-state index is -1.23. The van der Waals surface area contributed by atoms with Crippen LogP contribution in [0.25, 0.3) is 11.1 Å². The van der Waals surface area contributed by atoms with Gasteiger partial charge in [-0.05, 0) is 43.3 Å². The van der Waals surface area contributed by atoms with Crippen LogP contribution >= 0.6 is 0 Å². The van der Waals surface area contributed by atoms with Gasteiger partial charge in [-0.25, -0.2) is 15.1 Å². The Labute approximate surface area is 186 Å². The van der Waals surface area contributed by atoms with Crippen LogP contribution in [0, 0.1) is 0 Å². The van der Waals surface area contributed by atoms with Gasteiger partial charge in [0.05, 0.1) is 0 Å². The van der Waals surface area contributed by atoms with Crippen LogP contribution in [0.4, 0.5) is 4.79 Å². The number of benzene rings is 2. The van der Waals surface area contributed by atoms with E-state index in [1.54, 1.807) is 19.0 Å². The average Bonchev–Trinajstić information content (AvgIpc) is 3.08. The lowest BCUT2D eigenvalue weighted by Crippen LogP contribution is -2.52. The molecule has 0 fully saturated rings. The average molecular weight is 441 g/mol. The number of fused-ring (bicyclic) bond motifs is 3. The minimum absolute atomic E-state index is 0.103. The van der Waals surface area contributed by atoms with E-state index < -0.39 is 30.1 Å². The van der Waals surface area contributed by atoms with Gasteiger partial charge in [0.15, 0.2) is 6.10 Å². The van der Waals surface area contributed by atoms with E-state index >= 15 is 0 Å². The van der Waals surface area contributed by atoms with Gasteiger partial charge in [0.25, 0.3) is 5.91 Å². The third kappa shape index (κ3) is 5.43. The van der Waals surface area contributed by atoms with Crippen LogP contribution in [0.3, 0.4) is 0 Å². The van der Waals surface area contributed by atoms with E-state index in [0.717, 1.165) is 22.3 Å². The molecular formula is C23H27N3O6. The largest absolute Gasteiger partial charge is 0.479 e. The molecule has 0 bridgehead atoms. The topological polar surface area (TPSA) is 117 Å². The molecule has 3 N–H and O–H groups in total. The first kappa shape index (κ1) is 23.2. The number of carboxylic acids is 1. The number of carbonyl (C=O) groups is 3. The summed E-state index contributed by atoms with van der Waals surface area (Å²) < 4.78 is 5.48. The molecule has 0 spiro atoms. The van der Waals surface area contributed by atoms with Gasteiger partial charge in [0, 0.05) is 12.5 Å². The molecule has 2 aromatic carbocycles. The smallest absolute Gasteiger partial charge is 0.407 e. The normalized spacial score (nSPS) is 14.2. The molecule has 2 atom stereocenters. The second-order valence-electron chi connectivity index (χ2n) is 7.85. The van der Waals surface area contributed by atoms with E-state index in [-0.39, 0.29) is 19.1 Å². The summed E-state index contributed by atoms with van der Waals surface area (Å²) in [5, 5.41) is 11.4. The second-order valence-corrected chi connectivity index (χ2v) is 7.85. The van der Waals surface area contributed by atoms with Crippen molar-refractivity contribution in [1.29, 1.82) is 0 Å². The summed E-state index contributed by atoms with van der Waals surface area (Å²) in [7, 11) is 3.47. The van der Waals surface area contributed by atoms with Gasteiger partial charge in [-0.1, -0.05) is 48.5 Å². The first-order chi connectivity index (χ1) is 15.3. The van der Waals surface area contributed by atoms with Gasteiger partial charge in [0.1, 0.15) is 12.6 Å². The number of carboxylic acid groups (broad SMARTS) is 1. The van der Waals surface area contributed by atoms with Gasteiger partial charge in [-0.15, -0.1) is 0 Å². The van der Waals surface area contributed by atoms with Gasteiger partial charge in [-0.3, -0.25) is 9.63 Å². The summed E-state index contributed by atoms with van der Waals surface area (Å²) in [5.74, 6) is -2.01. The molecule has 2 aromatic rings. The number of nitrogens with zero attached hydrogens (tertiary/aromatic N) is 1. The van der Waals surface area contributed by atoms with Gasteiger partial charge in [-0.2, -0.15) is 0 Å². The lowest BCUT2D eigenvalue weighted by atomic mass is 9.98. The third-order valence-corrected chi connectivity index (χ3v) is 5.18. The maximum Gasteiger partial charge on any atom is 0.407 e. The van der Waals surface area contributed by atoms with Crippen molar-refractivity contribution in [2.75, 3.05) is 27.2 Å². The second kappa shape index (κ2) is 10.3. The van der Waals surface area contributed by atoms with Crippen molar-refractivity contribution in [3.63, 3.8) is 0 Å². The lowest BCUT2D eigenvalue weighted by Gasteiger charge is -2.22. The summed E-state index contributed by atoms with van der Waals surface area (Å²) in [6.45, 7) is 1.56. The Morgan fingerprint density at radius 2 is 1.59 bits per heavy atom. The number of hydrogen-bond acceptors (Lipinski definition) is 6. The van der Waals surface area contributed by atoms with Gasteiger partial charge in [0.2, 0.25) is 0 Å². The summed E-state index contributed by atoms with van der Waals surface area (Å²) in [6, 6.07) is 15.0. The highest BCUT2D eigenvalue weighted by Crippen LogP contribution is 2.44. The molecule has 9 heteroatoms. The van der Waals surface area contributed by atoms with Crippen LogP contribution in [0.5, 0.6) is 0 Å². The third-order valence-electron chi connectivity index (χ3n) is 5.18. The van der Waals surface area contributed by atoms with Crippen molar-refractivity contribution in [3.8, 4) is 11.1 Å². The maximum atomic E-state index is 12.5. The van der Waals surface area contributed by atoms with Crippen LogP contribution in [-0.2, 0) is 19.2 Å². The zero-order chi connectivity index (χ0) is 23.3. The Kier molecular flexibility index (Phi) is 7.45. The number of carbonyl (C=O) groups excluding carboxylic acids is 2. The summed E-state index contributed by atoms with van der Waals surface area (Å²) in [5.41, 5.74) is 6.48. The molecule has 0 aliphatic heterocycles. The van der Waals surface area contributed by atoms with Crippen molar-refractivity contribution in [3.05, 3.63) is 59.7 Å². The SMILES string of the molecule is CC(ONC(=O)[C@H](CN(C)C)NC(=O)OCC1c2ccccc2-c2ccccc21)C(=O)O. The van der Waals surface area contributed by atoms with Crippen molar-refractivity contribution in [1.82, 2.24) is 15.7 Å². The quantitative estimate of drug-likeness (QED) is 0.510. The highest BCUT2D eigenvalue weighted by molar-refractivity contribution is 5.85. The van der Waals surface area contributed by atoms with Crippen LogP contribution in [0.15, 0.2) is 48.5 Å². The van der Waals surface area contributed by atoms with E-state index in [2.05, 4.69) is 10.8 Å². The van der Waals surface area contributed by atoms with E-state index in [1.165, 1.54) is 6.92 Å². The van der Waals surface area contributed by atoms with Gasteiger partial charge >= 0.3 is 12.1 Å². The fourth-order valence-corrected chi connectivity index (χ4v) is 3.61. The lowest BCUT2D eigenvalue weighted by molar-refractivity contribution is -0.159. The first-order valence-electron chi connectivity index (χ1n) is 10.2. The Hall–Kier alpha value is -3.43. The Morgan fingerprint density at radius 3 is 2.12 bits per heavy atom. The number of ether oxygens (including phenoxy) is 1. The summed E-state index contributed by atoms with van der Waals surface area (Å²) >= 11 is 0. The molecule has 0 saturated carbocycles. The molecule has 32 heavy (non-hydrogen) atoms. The zero-order valence-electron chi connectivity index (χ0n) is 18.2. The van der Waals surface area contributed by atoms with Crippen LogP contribution in [-0.4, -0.2) is 67.4 Å². The Morgan fingerprint density at radius 1 is 1.03 bits per heavy atom. The number of alkyl carbamates (subject to hydrolysis) is 1. The van der Waals surface area contributed by atoms with Crippen molar-refractivity contribution in [2.24, 2.45) is 0 Å². The zero-order valence-corrected chi connectivity index (χ0v) is 18.2. The molecule has 0 radical (unpaired) electrons. The molecule has 1 aliphatic rings. The predicted octanol–water partition coefficient (Wildman–Crippen LogP) is 1.98. The standard InChI is InChI=1S/C23H27N3O6/c1-14(22(28)29)32-25-21(27)20(12-26(2)3)24-23(30)31-13-19-17-10-6-4-8-15(17)16-9-5-7-11-18(16)19/h4-11,14,19-20H,12-13H2,1-3H3,(H,24,30)(H,25,27)(H,28,29)/t14?,20-/m0/s1. The number of likely N-dealkylation sites (N-methyl/N-ethyl adjacent to an activating group) is 1. The number of rotatable bonds is 9. The summed E-state index contributed by atoms with van der Waals surface area (Å²) in [4.78, 5) is 42.3. The first-order valence-corrected chi connectivity index (χ1v) is 10.2. The monoisotopic (exact) mass is 441 g/mol. The number of amides is 2. The minimum Gasteiger partial charge on any atom is -0.479 e. The molecule has 0 heterocycles. The predicted molar refractivity (Wildman–Crippen MR) is 117 cm³/mol. The fraction of sp³-hybridized carbons (Fsp3) is 0.348. The molecule has 1 aliphatic carbocycles. The van der Waals surface area contributed by atoms with Crippen molar-refractivity contribution < 1.29 is 29.1 Å². The highest BCUT2D eigenvalue weighted by atomic mass is 16.7. The van der Waals surface area contributed by atoms with Crippen LogP contribution in [0.1, 0.15) is 24.0 Å². The van der Waals surface area contributed by atoms with E-state index in [4.69, 9.17) is 14.7 Å². The van der Waals surface area contributed by atoms with Crippen molar-refractivity contribution >= 4 is 18.0 Å². The number of hydroxylamine groups is 1. The molecule has 1 unspecified atom stereocenters. The van der Waals surface area contributed by atoms with E-state index in [9.17, 15) is 14.4 Å². The molecule has 170 valence electrons. The van der Waals surface area contributed by atoms with Crippen LogP contribution < -0.4 is 10.8 Å². The number of nitrogens with one attached hydrogen (secondary N) is 2. The molecular weight excluding hydrogens is 414 g/mol. The number of aliphatic carboxylic acids is 1. The maximum absolute atomic E-state index is 12.5. The van der Waals surface area contributed by atoms with E-state index in [1.807, 2.05) is 48.5 Å². The number of hydrogen-bond donors (Lipinski definition) is 3. The van der Waals surface area contributed by atoms with Gasteiger partial charge < -0.3 is 20.1 Å². The summed E-state index contributed by atoms with van der Waals surface area (Å²) in [6.07, 6.45) is -1.98. The molecule has 2 amide bonds.